The van der Waals surface area contributed by atoms with Gasteiger partial charge in [0.1, 0.15) is 6.54 Å². The van der Waals surface area contributed by atoms with Crippen molar-refractivity contribution in [3.05, 3.63) is 0 Å². The van der Waals surface area contributed by atoms with Crippen molar-refractivity contribution in [3.63, 3.8) is 0 Å². The van der Waals surface area contributed by atoms with E-state index >= 15 is 0 Å². The summed E-state index contributed by atoms with van der Waals surface area (Å²) in [6, 6.07) is -0.137. The van der Waals surface area contributed by atoms with Crippen LogP contribution in [0, 0.1) is 0 Å². The van der Waals surface area contributed by atoms with Crippen LogP contribution in [0.25, 0.3) is 0 Å². The lowest BCUT2D eigenvalue weighted by atomic mass is 10.0. The van der Waals surface area contributed by atoms with E-state index in [9.17, 15) is 9.59 Å². The maximum Gasteiger partial charge on any atom is 0.323 e. The minimum atomic E-state index is -1.03. The molecule has 1 atom stereocenters. The van der Waals surface area contributed by atoms with Crippen molar-refractivity contribution in [3.8, 4) is 0 Å². The van der Waals surface area contributed by atoms with Crippen molar-refractivity contribution in [2.45, 2.75) is 18.8 Å². The van der Waals surface area contributed by atoms with Gasteiger partial charge in [-0.3, -0.25) is 9.59 Å². The predicted octanol–water partition coefficient (Wildman–Crippen LogP) is -0.725. The van der Waals surface area contributed by atoms with E-state index in [4.69, 9.17) is 17.7 Å². The maximum atomic E-state index is 11.3. The molecule has 0 aromatic carbocycles. The average molecular weight is 197 g/mol. The Bertz CT molecular complexity index is 227. The lowest BCUT2D eigenvalue weighted by molar-refractivity contribution is -0.145. The highest BCUT2D eigenvalue weighted by atomic mass is 16.5. The number of carbonyl (C=O) groups excluding carboxylic acids is 1. The van der Waals surface area contributed by atoms with Gasteiger partial charge in [-0.1, -0.05) is 0 Å². The Balaban J connectivity index is 2.59. The summed E-state index contributed by atoms with van der Waals surface area (Å²) in [4.78, 5) is 23.1. The third-order valence-electron chi connectivity index (χ3n) is 2.15. The second-order valence-corrected chi connectivity index (χ2v) is 3.14. The molecular formula is C8H12BNO4. The molecule has 1 rings (SSSR count). The number of amides is 1. The molecule has 5 nitrogen and oxygen atoms in total. The molecule has 1 amide bonds. The molecule has 76 valence electrons. The first kappa shape index (κ1) is 11.0. The van der Waals surface area contributed by atoms with E-state index in [-0.39, 0.29) is 24.8 Å². The molecule has 1 aliphatic rings. The Hall–Kier alpha value is -1.04. The Morgan fingerprint density at radius 3 is 2.71 bits per heavy atom. The van der Waals surface area contributed by atoms with Crippen molar-refractivity contribution in [1.82, 2.24) is 4.90 Å². The van der Waals surface area contributed by atoms with E-state index in [0.717, 1.165) is 0 Å². The zero-order chi connectivity index (χ0) is 10.6. The number of aliphatic carboxylic acids is 1. The molecule has 0 aromatic heterocycles. The van der Waals surface area contributed by atoms with Crippen LogP contribution in [0.2, 0.25) is 6.32 Å². The third-order valence-corrected chi connectivity index (χ3v) is 2.15. The van der Waals surface area contributed by atoms with Crippen molar-refractivity contribution in [2.24, 2.45) is 0 Å². The van der Waals surface area contributed by atoms with Crippen molar-refractivity contribution in [2.75, 3.05) is 19.8 Å². The van der Waals surface area contributed by atoms with Gasteiger partial charge >= 0.3 is 5.97 Å². The summed E-state index contributed by atoms with van der Waals surface area (Å²) in [6.07, 6.45) is 0.517. The first-order chi connectivity index (χ1) is 6.65. The minimum absolute atomic E-state index is 0.137. The number of nitrogens with zero attached hydrogens (tertiary/aromatic N) is 1. The SMILES string of the molecule is [B]CC(=O)N(CC(=O)O)C1CCOC1. The molecular weight excluding hydrogens is 185 g/mol. The summed E-state index contributed by atoms with van der Waals surface area (Å²) in [5, 5.41) is 8.61. The molecule has 1 fully saturated rings. The van der Waals surface area contributed by atoms with E-state index < -0.39 is 5.97 Å². The number of hydrogen-bond donors (Lipinski definition) is 1. The Morgan fingerprint density at radius 2 is 2.29 bits per heavy atom. The largest absolute Gasteiger partial charge is 0.480 e. The molecule has 0 aliphatic carbocycles. The predicted molar refractivity (Wildman–Crippen MR) is 49.1 cm³/mol. The molecule has 1 aliphatic heterocycles. The number of carboxylic acid groups (broad SMARTS) is 1. The lowest BCUT2D eigenvalue weighted by Gasteiger charge is -2.25. The van der Waals surface area contributed by atoms with Crippen LogP contribution in [0.15, 0.2) is 0 Å². The number of ether oxygens (including phenoxy) is 1. The zero-order valence-corrected chi connectivity index (χ0v) is 7.81. The molecule has 0 saturated carbocycles. The number of carboxylic acids is 1. The summed E-state index contributed by atoms with van der Waals surface area (Å²) in [6.45, 7) is 0.668. The summed E-state index contributed by atoms with van der Waals surface area (Å²) in [7, 11) is 5.19. The van der Waals surface area contributed by atoms with Crippen LogP contribution in [0.1, 0.15) is 6.42 Å². The maximum absolute atomic E-state index is 11.3. The van der Waals surface area contributed by atoms with Gasteiger partial charge in [0.25, 0.3) is 0 Å². The van der Waals surface area contributed by atoms with Gasteiger partial charge in [0, 0.05) is 6.61 Å². The minimum Gasteiger partial charge on any atom is -0.480 e. The van der Waals surface area contributed by atoms with Crippen LogP contribution < -0.4 is 0 Å². The van der Waals surface area contributed by atoms with Gasteiger partial charge in [0.2, 0.25) is 5.91 Å². The molecule has 2 radical (unpaired) electrons. The quantitative estimate of drug-likeness (QED) is 0.603. The van der Waals surface area contributed by atoms with Gasteiger partial charge in [0.15, 0.2) is 0 Å². The van der Waals surface area contributed by atoms with Crippen molar-refractivity contribution >= 4 is 19.7 Å². The smallest absolute Gasteiger partial charge is 0.323 e. The third kappa shape index (κ3) is 2.73. The summed E-state index contributed by atoms with van der Waals surface area (Å²) in [5.41, 5.74) is 0. The van der Waals surface area contributed by atoms with E-state index in [1.54, 1.807) is 0 Å². The molecule has 0 aromatic rings. The van der Waals surface area contributed by atoms with Gasteiger partial charge in [-0.2, -0.15) is 0 Å². The van der Waals surface area contributed by atoms with E-state index in [2.05, 4.69) is 0 Å². The zero-order valence-electron chi connectivity index (χ0n) is 7.81. The van der Waals surface area contributed by atoms with E-state index in [0.29, 0.717) is 19.6 Å². The van der Waals surface area contributed by atoms with E-state index in [1.807, 2.05) is 0 Å². The molecule has 1 heterocycles. The standard InChI is InChI=1S/C8H12BNO4/c9-3-7(11)10(4-8(12)13)6-1-2-14-5-6/h6H,1-5H2,(H,12,13). The Morgan fingerprint density at radius 1 is 1.57 bits per heavy atom. The second kappa shape index (κ2) is 5.00. The summed E-state index contributed by atoms with van der Waals surface area (Å²) < 4.78 is 5.09. The van der Waals surface area contributed by atoms with Gasteiger partial charge in [0.05, 0.1) is 20.5 Å². The first-order valence-corrected chi connectivity index (χ1v) is 4.44. The van der Waals surface area contributed by atoms with Crippen LogP contribution in [-0.4, -0.2) is 55.5 Å². The fraction of sp³-hybridized carbons (Fsp3) is 0.750. The van der Waals surface area contributed by atoms with E-state index in [1.165, 1.54) is 4.90 Å². The monoisotopic (exact) mass is 197 g/mol. The van der Waals surface area contributed by atoms with Crippen molar-refractivity contribution < 1.29 is 19.4 Å². The van der Waals surface area contributed by atoms with Gasteiger partial charge < -0.3 is 14.7 Å². The summed E-state index contributed by atoms with van der Waals surface area (Å²) >= 11 is 0. The van der Waals surface area contributed by atoms with Crippen LogP contribution in [0.5, 0.6) is 0 Å². The van der Waals surface area contributed by atoms with Crippen LogP contribution in [0.3, 0.4) is 0 Å². The molecule has 1 saturated heterocycles. The van der Waals surface area contributed by atoms with Crippen LogP contribution >= 0.6 is 0 Å². The fourth-order valence-corrected chi connectivity index (χ4v) is 1.45. The van der Waals surface area contributed by atoms with Gasteiger partial charge in [-0.15, -0.1) is 0 Å². The van der Waals surface area contributed by atoms with Crippen molar-refractivity contribution in [1.29, 1.82) is 0 Å². The first-order valence-electron chi connectivity index (χ1n) is 4.44. The molecule has 6 heteroatoms. The van der Waals surface area contributed by atoms with Crippen LogP contribution in [0.4, 0.5) is 0 Å². The molecule has 1 unspecified atom stereocenters. The topological polar surface area (TPSA) is 66.8 Å². The highest BCUT2D eigenvalue weighted by molar-refractivity contribution is 6.19. The second-order valence-electron chi connectivity index (χ2n) is 3.14. The molecule has 0 spiro atoms. The molecule has 14 heavy (non-hydrogen) atoms. The molecule has 1 N–H and O–H groups in total. The number of rotatable bonds is 4. The Kier molecular flexibility index (Phi) is 3.94. The van der Waals surface area contributed by atoms with Gasteiger partial charge in [-0.25, -0.2) is 0 Å². The Labute approximate surface area is 83.4 Å². The fourth-order valence-electron chi connectivity index (χ4n) is 1.45. The normalized spacial score (nSPS) is 20.7. The van der Waals surface area contributed by atoms with Gasteiger partial charge in [-0.05, 0) is 12.7 Å². The van der Waals surface area contributed by atoms with Crippen LogP contribution in [-0.2, 0) is 14.3 Å². The number of hydrogen-bond acceptors (Lipinski definition) is 3. The highest BCUT2D eigenvalue weighted by Crippen LogP contribution is 2.13. The number of carbonyl (C=O) groups is 2. The highest BCUT2D eigenvalue weighted by Gasteiger charge is 2.27. The summed E-state index contributed by atoms with van der Waals surface area (Å²) in [5.74, 6) is -1.37. The molecule has 0 bridgehead atoms. The lowest BCUT2D eigenvalue weighted by Crippen LogP contribution is -2.43. The average Bonchev–Trinajstić information content (AvgIpc) is 2.65.